The molecule has 4 N–H and O–H groups in total. The van der Waals surface area contributed by atoms with Gasteiger partial charge in [-0.2, -0.15) is 0 Å². The molecule has 18 heteroatoms. The predicted octanol–water partition coefficient (Wildman–Crippen LogP) is 22.4. The third-order valence-corrected chi connectivity index (χ3v) is 17.3. The lowest BCUT2D eigenvalue weighted by molar-refractivity contribution is -0.161. The van der Waals surface area contributed by atoms with Crippen molar-refractivity contribution < 1.29 is 75.8 Å². The summed E-state index contributed by atoms with van der Waals surface area (Å²) in [7, 11) is -9.81. The summed E-state index contributed by atoms with van der Waals surface area (Å²) in [6, 6.07) is 0. The SMILES string of the molecule is CC/C=C\C/C=C\C/C=C\C/C=C\C/C=C\C/C=C\CCCCCCCCCCCCCCC(=O)OCC(O)COP(=O)(O)OCC(O)COP(=O)(O)OCC(COC(=O)CCCC/C=C\C/C=C\C/C=C\C/C=C\C/C=C\C/C=C\CC)OC(=O)CCCCCCC/C=C\C/C=C\CCC. The maximum Gasteiger partial charge on any atom is 0.472 e. The lowest BCUT2D eigenvalue weighted by Gasteiger charge is -2.21. The Labute approximate surface area is 612 Å². The fourth-order valence-corrected chi connectivity index (χ4v) is 11.2. The number of rotatable bonds is 71. The van der Waals surface area contributed by atoms with E-state index in [0.717, 1.165) is 167 Å². The van der Waals surface area contributed by atoms with Gasteiger partial charge in [-0.25, -0.2) is 9.13 Å². The monoisotopic (exact) mass is 1450 g/mol. The maximum atomic E-state index is 12.9. The topological polar surface area (TPSA) is 231 Å². The summed E-state index contributed by atoms with van der Waals surface area (Å²) >= 11 is 0. The van der Waals surface area contributed by atoms with Gasteiger partial charge in [0.05, 0.1) is 26.4 Å². The van der Waals surface area contributed by atoms with E-state index in [2.05, 4.69) is 191 Å². The number of ether oxygens (including phenoxy) is 3. The Balaban J connectivity index is 4.53. The fourth-order valence-electron chi connectivity index (χ4n) is 9.61. The molecule has 0 saturated heterocycles. The van der Waals surface area contributed by atoms with E-state index in [1.165, 1.54) is 51.4 Å². The summed E-state index contributed by atoms with van der Waals surface area (Å²) in [4.78, 5) is 58.5. The number of allylic oxidation sites excluding steroid dienone is 28. The van der Waals surface area contributed by atoms with Gasteiger partial charge in [-0.1, -0.05) is 281 Å². The molecule has 5 unspecified atom stereocenters. The molecule has 0 saturated carbocycles. The first-order valence-electron chi connectivity index (χ1n) is 38.4. The Morgan fingerprint density at radius 1 is 0.287 bits per heavy atom. The molecule has 0 amide bonds. The van der Waals surface area contributed by atoms with Crippen molar-refractivity contribution >= 4 is 33.6 Å². The Hall–Kier alpha value is -5.09. The smallest absolute Gasteiger partial charge is 0.463 e. The minimum Gasteiger partial charge on any atom is -0.463 e. The van der Waals surface area contributed by atoms with Gasteiger partial charge >= 0.3 is 33.6 Å². The number of aliphatic hydroxyl groups excluding tert-OH is 2. The summed E-state index contributed by atoms with van der Waals surface area (Å²) in [5, 5.41) is 20.6. The molecule has 101 heavy (non-hydrogen) atoms. The van der Waals surface area contributed by atoms with Gasteiger partial charge in [0.25, 0.3) is 0 Å². The van der Waals surface area contributed by atoms with Gasteiger partial charge in [0.2, 0.25) is 0 Å². The average molecular weight is 1450 g/mol. The number of carbonyl (C=O) groups excluding carboxylic acids is 3. The number of aliphatic hydroxyl groups is 2. The molecule has 5 atom stereocenters. The van der Waals surface area contributed by atoms with Crippen molar-refractivity contribution in [3.05, 3.63) is 170 Å². The normalized spacial score (nSPS) is 15.0. The summed E-state index contributed by atoms with van der Waals surface area (Å²) in [5.74, 6) is -1.65. The van der Waals surface area contributed by atoms with Crippen LogP contribution in [0.4, 0.5) is 0 Å². The van der Waals surface area contributed by atoms with Gasteiger partial charge in [0.15, 0.2) is 6.10 Å². The molecule has 0 aliphatic heterocycles. The van der Waals surface area contributed by atoms with Crippen LogP contribution >= 0.6 is 15.6 Å². The number of carbonyl (C=O) groups is 3. The highest BCUT2D eigenvalue weighted by molar-refractivity contribution is 7.47. The van der Waals surface area contributed by atoms with Crippen molar-refractivity contribution in [3.8, 4) is 0 Å². The van der Waals surface area contributed by atoms with Crippen LogP contribution in [0.5, 0.6) is 0 Å². The van der Waals surface area contributed by atoms with Gasteiger partial charge in [0, 0.05) is 19.3 Å². The zero-order valence-electron chi connectivity index (χ0n) is 62.5. The van der Waals surface area contributed by atoms with Crippen LogP contribution in [-0.2, 0) is 55.8 Å². The van der Waals surface area contributed by atoms with Crippen LogP contribution in [0.2, 0.25) is 0 Å². The van der Waals surface area contributed by atoms with E-state index in [1.807, 2.05) is 0 Å². The van der Waals surface area contributed by atoms with Gasteiger partial charge < -0.3 is 34.2 Å². The molecular formula is C83H136O16P2. The molecule has 574 valence electrons. The number of unbranched alkanes of at least 4 members (excludes halogenated alkanes) is 20. The molecule has 0 aliphatic rings. The van der Waals surface area contributed by atoms with Crippen LogP contribution in [0, 0.1) is 0 Å². The average Bonchev–Trinajstić information content (AvgIpc) is 0.936. The highest BCUT2D eigenvalue weighted by atomic mass is 31.2. The number of esters is 3. The first-order chi connectivity index (χ1) is 49.2. The Morgan fingerprint density at radius 2 is 0.525 bits per heavy atom. The van der Waals surface area contributed by atoms with Crippen LogP contribution in [0.1, 0.15) is 278 Å². The maximum absolute atomic E-state index is 12.9. The summed E-state index contributed by atoms with van der Waals surface area (Å²) in [5.41, 5.74) is 0. The summed E-state index contributed by atoms with van der Waals surface area (Å²) < 4.78 is 61.0. The Morgan fingerprint density at radius 3 is 0.851 bits per heavy atom. The van der Waals surface area contributed by atoms with E-state index >= 15 is 0 Å². The standard InChI is InChI=1S/C83H136O16P2/c1-4-7-10-13-16-19-22-25-27-29-31-33-34-35-36-37-38-39-40-41-42-44-46-47-49-52-54-57-60-63-66-69-81(86)93-72-78(84)73-95-100(89,90)96-74-79(85)75-97-101(91,92)98-77-80(99-83(88)71-68-65-62-59-56-51-24-21-18-15-12-9-6-3)76-94-82(87)70-67-64-61-58-55-53-50-48-45-43-32-30-28-26-23-20-17-14-11-8-5-2/h7-8,10-12,15-17,19-21,24-28,31-33,35-36,38-39,43,48,50,55,58,78-80,84-85H,4-6,9,13-14,18,22-23,29-30,34,37,40-42,44-47,49,51-54,56-57,59-77H2,1-3H3,(H,89,90)(H,91,92)/b10-7-,11-8-,15-12-,19-16-,20-17-,24-21-,27-25-,28-26-,33-31-,36-35-,39-38-,43-32-,50-48-,58-55-. The van der Waals surface area contributed by atoms with Crippen LogP contribution in [0.25, 0.3) is 0 Å². The Kier molecular flexibility index (Phi) is 70.9. The van der Waals surface area contributed by atoms with E-state index in [4.69, 9.17) is 32.3 Å². The molecule has 0 rings (SSSR count). The highest BCUT2D eigenvalue weighted by Gasteiger charge is 2.29. The quantitative estimate of drug-likeness (QED) is 0.0146. The van der Waals surface area contributed by atoms with E-state index in [0.29, 0.717) is 19.3 Å². The molecule has 0 aromatic heterocycles. The zero-order valence-corrected chi connectivity index (χ0v) is 64.3. The minimum atomic E-state index is -4.95. The second-order valence-corrected chi connectivity index (χ2v) is 27.9. The van der Waals surface area contributed by atoms with E-state index < -0.39 is 91.5 Å². The third kappa shape index (κ3) is 75.9. The second kappa shape index (κ2) is 74.6. The lowest BCUT2D eigenvalue weighted by Crippen LogP contribution is -2.30. The van der Waals surface area contributed by atoms with Gasteiger partial charge in [-0.05, 0) is 148 Å². The molecule has 0 heterocycles. The summed E-state index contributed by atoms with van der Waals surface area (Å²) in [6.45, 7) is 2.29. The number of hydrogen-bond acceptors (Lipinski definition) is 14. The van der Waals surface area contributed by atoms with Crippen LogP contribution in [0.15, 0.2) is 170 Å². The van der Waals surface area contributed by atoms with Gasteiger partial charge in [0.1, 0.15) is 25.4 Å². The van der Waals surface area contributed by atoms with Crippen molar-refractivity contribution in [3.63, 3.8) is 0 Å². The van der Waals surface area contributed by atoms with Crippen LogP contribution < -0.4 is 0 Å². The number of hydrogen-bond donors (Lipinski definition) is 4. The van der Waals surface area contributed by atoms with E-state index in [9.17, 15) is 43.5 Å². The molecule has 0 fully saturated rings. The van der Waals surface area contributed by atoms with Crippen LogP contribution in [-0.4, -0.2) is 95.9 Å². The molecule has 0 aromatic rings. The molecule has 0 radical (unpaired) electrons. The predicted molar refractivity (Wildman–Crippen MR) is 417 cm³/mol. The minimum absolute atomic E-state index is 0.0730. The van der Waals surface area contributed by atoms with Gasteiger partial charge in [-0.15, -0.1) is 0 Å². The largest absolute Gasteiger partial charge is 0.472 e. The molecule has 0 aromatic carbocycles. The molecule has 0 bridgehead atoms. The zero-order chi connectivity index (χ0) is 73.7. The number of phosphoric acid groups is 2. The van der Waals surface area contributed by atoms with Crippen molar-refractivity contribution in [1.29, 1.82) is 0 Å². The lowest BCUT2D eigenvalue weighted by atomic mass is 10.0. The van der Waals surface area contributed by atoms with Crippen molar-refractivity contribution in [2.45, 2.75) is 296 Å². The van der Waals surface area contributed by atoms with Crippen LogP contribution in [0.3, 0.4) is 0 Å². The Bertz CT molecular complexity index is 2520. The molecule has 0 spiro atoms. The third-order valence-electron chi connectivity index (χ3n) is 15.4. The van der Waals surface area contributed by atoms with E-state index in [1.54, 1.807) is 0 Å². The fraction of sp³-hybridized carbons (Fsp3) is 0.627. The number of phosphoric ester groups is 2. The molecule has 16 nitrogen and oxygen atoms in total. The second-order valence-electron chi connectivity index (χ2n) is 25.0. The van der Waals surface area contributed by atoms with Crippen molar-refractivity contribution in [2.24, 2.45) is 0 Å². The summed E-state index contributed by atoms with van der Waals surface area (Å²) in [6.07, 6.45) is 94.2. The first kappa shape index (κ1) is 95.9. The van der Waals surface area contributed by atoms with E-state index in [-0.39, 0.29) is 19.3 Å². The highest BCUT2D eigenvalue weighted by Crippen LogP contribution is 2.45. The van der Waals surface area contributed by atoms with Gasteiger partial charge in [-0.3, -0.25) is 32.5 Å². The molecule has 0 aliphatic carbocycles. The van der Waals surface area contributed by atoms with Crippen molar-refractivity contribution in [1.82, 2.24) is 0 Å². The van der Waals surface area contributed by atoms with Crippen molar-refractivity contribution in [2.75, 3.05) is 39.6 Å². The first-order valence-corrected chi connectivity index (χ1v) is 41.4. The molecular weight excluding hydrogens is 1310 g/mol.